The fourth-order valence-corrected chi connectivity index (χ4v) is 4.06. The first-order chi connectivity index (χ1) is 15.4. The number of nitrogen functional groups attached to an aromatic ring is 1. The van der Waals surface area contributed by atoms with Gasteiger partial charge >= 0.3 is 6.18 Å². The van der Waals surface area contributed by atoms with Gasteiger partial charge in [0.15, 0.2) is 0 Å². The van der Waals surface area contributed by atoms with Crippen LogP contribution in [0.5, 0.6) is 0 Å². The van der Waals surface area contributed by atoms with E-state index in [4.69, 9.17) is 5.73 Å². The second-order valence-electron chi connectivity index (χ2n) is 7.98. The minimum atomic E-state index is -4.41. The molecule has 0 bridgehead atoms. The highest BCUT2D eigenvalue weighted by atomic mass is 19.4. The van der Waals surface area contributed by atoms with E-state index in [1.807, 2.05) is 16.9 Å². The van der Waals surface area contributed by atoms with Gasteiger partial charge in [-0.1, -0.05) is 6.07 Å². The number of nitrogens with one attached hydrogen (secondary N) is 1. The second kappa shape index (κ2) is 7.90. The summed E-state index contributed by atoms with van der Waals surface area (Å²) in [5.74, 6) is 0.262. The zero-order valence-electron chi connectivity index (χ0n) is 17.1. The molecule has 4 aromatic rings. The van der Waals surface area contributed by atoms with E-state index in [0.717, 1.165) is 49.2 Å². The molecular formula is C23H21F3N6. The molecule has 9 heteroatoms. The molecule has 5 rings (SSSR count). The van der Waals surface area contributed by atoms with Crippen molar-refractivity contribution in [3.05, 3.63) is 60.7 Å². The third-order valence-electron chi connectivity index (χ3n) is 5.86. The molecule has 0 saturated carbocycles. The van der Waals surface area contributed by atoms with Crippen molar-refractivity contribution in [3.63, 3.8) is 0 Å². The number of benzene rings is 1. The monoisotopic (exact) mass is 438 g/mol. The molecule has 0 spiro atoms. The highest BCUT2D eigenvalue weighted by Gasteiger charge is 2.30. The Bertz CT molecular complexity index is 1270. The summed E-state index contributed by atoms with van der Waals surface area (Å²) < 4.78 is 41.4. The summed E-state index contributed by atoms with van der Waals surface area (Å²) >= 11 is 0. The maximum Gasteiger partial charge on any atom is 0.416 e. The molecule has 0 radical (unpaired) electrons. The number of hydrogen-bond donors (Lipinski definition) is 2. The fourth-order valence-electron chi connectivity index (χ4n) is 4.06. The zero-order chi connectivity index (χ0) is 22.3. The second-order valence-corrected chi connectivity index (χ2v) is 7.98. The van der Waals surface area contributed by atoms with Crippen LogP contribution in [-0.2, 0) is 6.18 Å². The standard InChI is InChI=1S/C23H21F3N6/c24-23(25,26)18-2-1-14-10-29-21(9-15(14)7-18)20-8-16(11-30-22(20)27)17-12-31-32(13-17)19-3-5-28-6-4-19/h1-2,7-13,19,28H,3-6H2,(H2,27,30). The third kappa shape index (κ3) is 3.91. The van der Waals surface area contributed by atoms with Gasteiger partial charge in [-0.05, 0) is 55.6 Å². The Morgan fingerprint density at radius 1 is 0.938 bits per heavy atom. The Labute approximate surface area is 182 Å². The van der Waals surface area contributed by atoms with Crippen molar-refractivity contribution in [2.45, 2.75) is 25.1 Å². The van der Waals surface area contributed by atoms with Crippen LogP contribution in [0.15, 0.2) is 55.1 Å². The Balaban J connectivity index is 1.51. The van der Waals surface area contributed by atoms with Gasteiger partial charge in [0, 0.05) is 40.7 Å². The molecule has 0 unspecified atom stereocenters. The van der Waals surface area contributed by atoms with Crippen molar-refractivity contribution in [1.29, 1.82) is 0 Å². The van der Waals surface area contributed by atoms with Crippen molar-refractivity contribution >= 4 is 16.6 Å². The molecule has 1 aliphatic rings. The van der Waals surface area contributed by atoms with Crippen LogP contribution in [0.4, 0.5) is 19.0 Å². The fraction of sp³-hybridized carbons (Fsp3) is 0.261. The van der Waals surface area contributed by atoms with Gasteiger partial charge in [-0.25, -0.2) is 4.98 Å². The van der Waals surface area contributed by atoms with Crippen molar-refractivity contribution in [3.8, 4) is 22.4 Å². The number of fused-ring (bicyclic) bond motifs is 1. The number of piperidine rings is 1. The number of rotatable bonds is 3. The van der Waals surface area contributed by atoms with Crippen LogP contribution in [0.3, 0.4) is 0 Å². The lowest BCUT2D eigenvalue weighted by atomic mass is 10.0. The molecule has 32 heavy (non-hydrogen) atoms. The number of anilines is 1. The molecule has 4 heterocycles. The number of pyridine rings is 2. The topological polar surface area (TPSA) is 81.6 Å². The van der Waals surface area contributed by atoms with Gasteiger partial charge < -0.3 is 11.1 Å². The highest BCUT2D eigenvalue weighted by molar-refractivity contribution is 5.88. The Morgan fingerprint density at radius 3 is 2.53 bits per heavy atom. The highest BCUT2D eigenvalue weighted by Crippen LogP contribution is 2.34. The van der Waals surface area contributed by atoms with Crippen molar-refractivity contribution in [2.75, 3.05) is 18.8 Å². The Hall–Kier alpha value is -3.46. The SMILES string of the molecule is Nc1ncc(-c2cnn(C3CCNCC3)c2)cc1-c1cc2cc(C(F)(F)F)ccc2cn1. The quantitative estimate of drug-likeness (QED) is 0.485. The summed E-state index contributed by atoms with van der Waals surface area (Å²) in [7, 11) is 0. The summed E-state index contributed by atoms with van der Waals surface area (Å²) in [4.78, 5) is 8.72. The first-order valence-electron chi connectivity index (χ1n) is 10.4. The molecule has 1 aliphatic heterocycles. The molecule has 1 aromatic carbocycles. The summed E-state index contributed by atoms with van der Waals surface area (Å²) in [6, 6.07) is 7.42. The Kier molecular flexibility index (Phi) is 5.05. The van der Waals surface area contributed by atoms with Crippen molar-refractivity contribution in [1.82, 2.24) is 25.1 Å². The summed E-state index contributed by atoms with van der Waals surface area (Å²) in [6.07, 6.45) is 4.64. The van der Waals surface area contributed by atoms with Crippen LogP contribution >= 0.6 is 0 Å². The van der Waals surface area contributed by atoms with Gasteiger partial charge in [0.2, 0.25) is 0 Å². The predicted octanol–water partition coefficient (Wildman–Crippen LogP) is 4.69. The van der Waals surface area contributed by atoms with Crippen LogP contribution in [0, 0.1) is 0 Å². The number of nitrogens with zero attached hydrogens (tertiary/aromatic N) is 4. The lowest BCUT2D eigenvalue weighted by Crippen LogP contribution is -2.29. The molecule has 1 fully saturated rings. The van der Waals surface area contributed by atoms with Gasteiger partial charge in [-0.15, -0.1) is 0 Å². The minimum absolute atomic E-state index is 0.262. The van der Waals surface area contributed by atoms with E-state index in [1.54, 1.807) is 24.7 Å². The van der Waals surface area contributed by atoms with Gasteiger partial charge in [-0.2, -0.15) is 18.3 Å². The van der Waals surface area contributed by atoms with Crippen molar-refractivity contribution < 1.29 is 13.2 Å². The van der Waals surface area contributed by atoms with Gasteiger partial charge in [0.1, 0.15) is 5.82 Å². The maximum atomic E-state index is 13.1. The molecule has 0 amide bonds. The molecule has 3 aromatic heterocycles. The van der Waals surface area contributed by atoms with Crippen LogP contribution in [0.2, 0.25) is 0 Å². The van der Waals surface area contributed by atoms with E-state index in [1.165, 1.54) is 6.07 Å². The van der Waals surface area contributed by atoms with Crippen LogP contribution in [0.1, 0.15) is 24.4 Å². The summed E-state index contributed by atoms with van der Waals surface area (Å²) in [6.45, 7) is 1.94. The number of alkyl halides is 3. The van der Waals surface area contributed by atoms with Crippen molar-refractivity contribution in [2.24, 2.45) is 0 Å². The Morgan fingerprint density at radius 2 is 1.75 bits per heavy atom. The summed E-state index contributed by atoms with van der Waals surface area (Å²) in [5, 5.41) is 8.92. The predicted molar refractivity (Wildman–Crippen MR) is 117 cm³/mol. The molecule has 3 N–H and O–H groups in total. The number of nitrogens with two attached hydrogens (primary N) is 1. The lowest BCUT2D eigenvalue weighted by molar-refractivity contribution is -0.137. The molecule has 0 atom stereocenters. The number of aromatic nitrogens is 4. The van der Waals surface area contributed by atoms with Gasteiger partial charge in [0.05, 0.1) is 23.5 Å². The van der Waals surface area contributed by atoms with Gasteiger partial charge in [-0.3, -0.25) is 9.67 Å². The molecule has 0 aliphatic carbocycles. The minimum Gasteiger partial charge on any atom is -0.383 e. The first-order valence-corrected chi connectivity index (χ1v) is 10.4. The smallest absolute Gasteiger partial charge is 0.383 e. The van der Waals surface area contributed by atoms with E-state index in [9.17, 15) is 13.2 Å². The van der Waals surface area contributed by atoms with Crippen LogP contribution < -0.4 is 11.1 Å². The average Bonchev–Trinajstić information content (AvgIpc) is 3.29. The van der Waals surface area contributed by atoms with Gasteiger partial charge in [0.25, 0.3) is 0 Å². The van der Waals surface area contributed by atoms with Crippen LogP contribution in [0.25, 0.3) is 33.2 Å². The lowest BCUT2D eigenvalue weighted by Gasteiger charge is -2.22. The average molecular weight is 438 g/mol. The zero-order valence-corrected chi connectivity index (χ0v) is 17.1. The number of hydrogen-bond acceptors (Lipinski definition) is 5. The molecule has 6 nitrogen and oxygen atoms in total. The van der Waals surface area contributed by atoms with E-state index in [2.05, 4.69) is 20.4 Å². The van der Waals surface area contributed by atoms with E-state index in [-0.39, 0.29) is 5.82 Å². The normalized spacial score (nSPS) is 15.3. The van der Waals surface area contributed by atoms with E-state index >= 15 is 0 Å². The summed E-state index contributed by atoms with van der Waals surface area (Å²) in [5.41, 5.74) is 8.16. The maximum absolute atomic E-state index is 13.1. The van der Waals surface area contributed by atoms with E-state index < -0.39 is 11.7 Å². The largest absolute Gasteiger partial charge is 0.416 e. The molecule has 164 valence electrons. The van der Waals surface area contributed by atoms with Crippen LogP contribution in [-0.4, -0.2) is 32.8 Å². The first kappa shape index (κ1) is 20.4. The molecular weight excluding hydrogens is 417 g/mol. The molecule has 1 saturated heterocycles. The van der Waals surface area contributed by atoms with E-state index in [0.29, 0.717) is 28.1 Å². The number of halogens is 3. The third-order valence-corrected chi connectivity index (χ3v) is 5.86.